The molecule has 3 aromatic rings. The van der Waals surface area contributed by atoms with E-state index in [0.29, 0.717) is 5.75 Å². The van der Waals surface area contributed by atoms with Gasteiger partial charge in [0, 0.05) is 35.3 Å². The molecule has 0 amide bonds. The van der Waals surface area contributed by atoms with Gasteiger partial charge in [0.2, 0.25) is 6.29 Å². The minimum absolute atomic E-state index is 0.530. The SMILES string of the molecule is C=CC(=O)O[C@@H](C)Oc1ccc(C#Cc2ccc(C#Cc3ccc(OC)cc3)c(C)c2)cc1. The van der Waals surface area contributed by atoms with E-state index in [4.69, 9.17) is 14.2 Å². The Labute approximate surface area is 194 Å². The van der Waals surface area contributed by atoms with Crippen LogP contribution < -0.4 is 9.47 Å². The minimum atomic E-state index is -0.707. The van der Waals surface area contributed by atoms with Crippen molar-refractivity contribution < 1.29 is 19.0 Å². The molecule has 0 radical (unpaired) electrons. The fraction of sp³-hybridized carbons (Fsp3) is 0.138. The lowest BCUT2D eigenvalue weighted by atomic mass is 10.0. The van der Waals surface area contributed by atoms with E-state index in [0.717, 1.165) is 39.6 Å². The first-order valence-corrected chi connectivity index (χ1v) is 10.4. The second-order valence-corrected chi connectivity index (χ2v) is 7.11. The van der Waals surface area contributed by atoms with E-state index >= 15 is 0 Å². The molecule has 4 heteroatoms. The molecule has 0 heterocycles. The average molecular weight is 437 g/mol. The van der Waals surface area contributed by atoms with E-state index in [1.165, 1.54) is 0 Å². The number of benzene rings is 3. The Hall–Kier alpha value is -4.41. The summed E-state index contributed by atoms with van der Waals surface area (Å²) >= 11 is 0. The molecule has 0 aliphatic heterocycles. The van der Waals surface area contributed by atoms with Crippen LogP contribution in [0, 0.1) is 30.6 Å². The first kappa shape index (κ1) is 23.3. The van der Waals surface area contributed by atoms with Gasteiger partial charge in [-0.25, -0.2) is 4.79 Å². The summed E-state index contributed by atoms with van der Waals surface area (Å²) in [5.41, 5.74) is 4.71. The molecule has 0 spiro atoms. The van der Waals surface area contributed by atoms with Gasteiger partial charge in [0.1, 0.15) is 11.5 Å². The molecule has 0 N–H and O–H groups in total. The number of hydrogen-bond donors (Lipinski definition) is 0. The van der Waals surface area contributed by atoms with Crippen LogP contribution in [0.4, 0.5) is 0 Å². The fourth-order valence-corrected chi connectivity index (χ4v) is 2.88. The topological polar surface area (TPSA) is 44.8 Å². The predicted octanol–water partition coefficient (Wildman–Crippen LogP) is 5.26. The summed E-state index contributed by atoms with van der Waals surface area (Å²) in [7, 11) is 1.64. The van der Waals surface area contributed by atoms with Crippen molar-refractivity contribution in [2.45, 2.75) is 20.1 Å². The van der Waals surface area contributed by atoms with Crippen LogP contribution in [0.2, 0.25) is 0 Å². The molecule has 0 aliphatic carbocycles. The molecule has 164 valence electrons. The minimum Gasteiger partial charge on any atom is -0.497 e. The molecule has 1 atom stereocenters. The Bertz CT molecular complexity index is 1250. The van der Waals surface area contributed by atoms with Gasteiger partial charge in [0.15, 0.2) is 0 Å². The Kier molecular flexibility index (Phi) is 7.95. The molecule has 0 saturated carbocycles. The number of hydrogen-bond acceptors (Lipinski definition) is 4. The summed E-state index contributed by atoms with van der Waals surface area (Å²) in [6.45, 7) is 7.02. The molecule has 0 bridgehead atoms. The molecule has 0 aromatic heterocycles. The average Bonchev–Trinajstić information content (AvgIpc) is 2.83. The highest BCUT2D eigenvalue weighted by atomic mass is 16.7. The lowest BCUT2D eigenvalue weighted by Gasteiger charge is -2.14. The van der Waals surface area contributed by atoms with E-state index in [2.05, 4.69) is 30.3 Å². The fourth-order valence-electron chi connectivity index (χ4n) is 2.88. The molecule has 0 saturated heterocycles. The molecule has 3 rings (SSSR count). The van der Waals surface area contributed by atoms with Crippen molar-refractivity contribution in [1.29, 1.82) is 0 Å². The number of aryl methyl sites for hydroxylation is 1. The highest BCUT2D eigenvalue weighted by Crippen LogP contribution is 2.15. The summed E-state index contributed by atoms with van der Waals surface area (Å²) in [5, 5.41) is 0. The second kappa shape index (κ2) is 11.3. The van der Waals surface area contributed by atoms with Crippen LogP contribution in [0.1, 0.15) is 34.7 Å². The van der Waals surface area contributed by atoms with Gasteiger partial charge in [0.25, 0.3) is 0 Å². The first-order valence-electron chi connectivity index (χ1n) is 10.4. The van der Waals surface area contributed by atoms with Gasteiger partial charge >= 0.3 is 5.97 Å². The van der Waals surface area contributed by atoms with Gasteiger partial charge in [-0.3, -0.25) is 0 Å². The van der Waals surface area contributed by atoms with Gasteiger partial charge in [-0.2, -0.15) is 0 Å². The summed E-state index contributed by atoms with van der Waals surface area (Å²) in [6.07, 6.45) is 0.391. The Morgan fingerprint density at radius 1 is 0.848 bits per heavy atom. The second-order valence-electron chi connectivity index (χ2n) is 7.11. The smallest absolute Gasteiger partial charge is 0.333 e. The van der Waals surface area contributed by atoms with E-state index in [1.54, 1.807) is 26.2 Å². The predicted molar refractivity (Wildman–Crippen MR) is 129 cm³/mol. The number of carbonyl (C=O) groups is 1. The van der Waals surface area contributed by atoms with Crippen molar-refractivity contribution in [2.75, 3.05) is 7.11 Å². The van der Waals surface area contributed by atoms with Gasteiger partial charge in [0.05, 0.1) is 7.11 Å². The Morgan fingerprint density at radius 3 is 1.97 bits per heavy atom. The van der Waals surface area contributed by atoms with Crippen LogP contribution in [0.15, 0.2) is 79.4 Å². The third kappa shape index (κ3) is 7.06. The third-order valence-electron chi connectivity index (χ3n) is 4.61. The number of ether oxygens (including phenoxy) is 3. The Balaban J connectivity index is 1.65. The molecule has 33 heavy (non-hydrogen) atoms. The molecule has 0 unspecified atom stereocenters. The summed E-state index contributed by atoms with van der Waals surface area (Å²) < 4.78 is 15.7. The van der Waals surface area contributed by atoms with Crippen LogP contribution in [0.25, 0.3) is 0 Å². The van der Waals surface area contributed by atoms with Crippen LogP contribution >= 0.6 is 0 Å². The Morgan fingerprint density at radius 2 is 1.39 bits per heavy atom. The number of rotatable bonds is 5. The largest absolute Gasteiger partial charge is 0.497 e. The number of esters is 1. The van der Waals surface area contributed by atoms with Crippen molar-refractivity contribution in [1.82, 2.24) is 0 Å². The molecule has 3 aromatic carbocycles. The lowest BCUT2D eigenvalue weighted by molar-refractivity contribution is -0.154. The number of carbonyl (C=O) groups excluding carboxylic acids is 1. The van der Waals surface area contributed by atoms with Crippen LogP contribution in [0.3, 0.4) is 0 Å². The number of methoxy groups -OCH3 is 1. The van der Waals surface area contributed by atoms with E-state index < -0.39 is 12.3 Å². The zero-order chi connectivity index (χ0) is 23.6. The normalized spacial score (nSPS) is 10.5. The molecule has 0 fully saturated rings. The zero-order valence-electron chi connectivity index (χ0n) is 18.8. The van der Waals surface area contributed by atoms with Crippen molar-refractivity contribution in [3.63, 3.8) is 0 Å². The summed E-state index contributed by atoms with van der Waals surface area (Å²) in [4.78, 5) is 11.2. The van der Waals surface area contributed by atoms with Crippen molar-refractivity contribution in [2.24, 2.45) is 0 Å². The van der Waals surface area contributed by atoms with Gasteiger partial charge in [-0.1, -0.05) is 30.3 Å². The maximum atomic E-state index is 11.2. The lowest BCUT2D eigenvalue weighted by Crippen LogP contribution is -2.19. The quantitative estimate of drug-likeness (QED) is 0.237. The first-order chi connectivity index (χ1) is 16.0. The standard InChI is InChI=1S/C29H24O4/c1-5-29(30)33-22(3)32-28-18-12-23(13-19-28)6-7-25-9-15-26(21(2)20-25)14-8-24-10-16-27(31-4)17-11-24/h5,9-13,15-20,22H,1H2,2-4H3/t22-/m0/s1. The van der Waals surface area contributed by atoms with Crippen molar-refractivity contribution >= 4 is 5.97 Å². The molecule has 0 aliphatic rings. The van der Waals surface area contributed by atoms with Gasteiger partial charge in [-0.05, 0) is 79.2 Å². The maximum Gasteiger partial charge on any atom is 0.333 e. The van der Waals surface area contributed by atoms with Crippen molar-refractivity contribution in [3.05, 3.63) is 107 Å². The van der Waals surface area contributed by atoms with E-state index in [9.17, 15) is 4.79 Å². The van der Waals surface area contributed by atoms with Crippen LogP contribution in [-0.2, 0) is 9.53 Å². The highest BCUT2D eigenvalue weighted by Gasteiger charge is 2.07. The third-order valence-corrected chi connectivity index (χ3v) is 4.61. The molecular weight excluding hydrogens is 412 g/mol. The molecule has 4 nitrogen and oxygen atoms in total. The van der Waals surface area contributed by atoms with Gasteiger partial charge < -0.3 is 14.2 Å². The summed E-state index contributed by atoms with van der Waals surface area (Å²) in [5.74, 6) is 13.6. The van der Waals surface area contributed by atoms with Crippen LogP contribution in [-0.4, -0.2) is 19.4 Å². The van der Waals surface area contributed by atoms with E-state index in [-0.39, 0.29) is 0 Å². The monoisotopic (exact) mass is 436 g/mol. The highest BCUT2D eigenvalue weighted by molar-refractivity contribution is 5.81. The zero-order valence-corrected chi connectivity index (χ0v) is 18.8. The molecular formula is C29H24O4. The van der Waals surface area contributed by atoms with E-state index in [1.807, 2.05) is 61.5 Å². The summed E-state index contributed by atoms with van der Waals surface area (Å²) in [6, 6.07) is 20.9. The van der Waals surface area contributed by atoms with Crippen LogP contribution in [0.5, 0.6) is 11.5 Å². The van der Waals surface area contributed by atoms with Crippen molar-refractivity contribution in [3.8, 4) is 35.2 Å². The maximum absolute atomic E-state index is 11.2. The van der Waals surface area contributed by atoms with Gasteiger partial charge in [-0.15, -0.1) is 0 Å².